The Hall–Kier alpha value is -1.27. The summed E-state index contributed by atoms with van der Waals surface area (Å²) in [5, 5.41) is 3.72. The Bertz CT molecular complexity index is 618. The highest BCUT2D eigenvalue weighted by atomic mass is 35.5. The van der Waals surface area contributed by atoms with Crippen LogP contribution in [0.4, 0.5) is 5.69 Å². The number of carbonyl (C=O) groups excluding carboxylic acids is 1. The Labute approximate surface area is 130 Å². The van der Waals surface area contributed by atoms with Crippen LogP contribution in [0.5, 0.6) is 0 Å². The van der Waals surface area contributed by atoms with Crippen LogP contribution in [0.1, 0.15) is 12.8 Å². The number of rotatable bonds is 5. The summed E-state index contributed by atoms with van der Waals surface area (Å²) in [7, 11) is -1.30. The second kappa shape index (κ2) is 6.66. The van der Waals surface area contributed by atoms with Crippen molar-refractivity contribution in [1.82, 2.24) is 4.90 Å². The standard InChI is InChI=1S/C14H19ClN2O3S/c1-17(11-7-9-21(19,20)10-11)14(18)6-8-16-13-5-3-2-4-12(13)15/h2-5,11,16H,6-10H2,1H3. The van der Waals surface area contributed by atoms with Crippen LogP contribution in [0.3, 0.4) is 0 Å². The van der Waals surface area contributed by atoms with Gasteiger partial charge in [0.1, 0.15) is 0 Å². The number of anilines is 1. The number of hydrogen-bond acceptors (Lipinski definition) is 4. The van der Waals surface area contributed by atoms with E-state index in [-0.39, 0.29) is 23.5 Å². The van der Waals surface area contributed by atoms with E-state index in [4.69, 9.17) is 11.6 Å². The zero-order valence-electron chi connectivity index (χ0n) is 11.9. The predicted molar refractivity (Wildman–Crippen MR) is 84.4 cm³/mol. The molecule has 1 aromatic carbocycles. The minimum Gasteiger partial charge on any atom is -0.383 e. The van der Waals surface area contributed by atoms with Gasteiger partial charge in [-0.1, -0.05) is 23.7 Å². The summed E-state index contributed by atoms with van der Waals surface area (Å²) in [6, 6.07) is 7.14. The van der Waals surface area contributed by atoms with E-state index in [1.54, 1.807) is 18.0 Å². The number of carbonyl (C=O) groups is 1. The number of para-hydroxylation sites is 1. The van der Waals surface area contributed by atoms with Gasteiger partial charge in [0.05, 0.1) is 22.2 Å². The van der Waals surface area contributed by atoms with Gasteiger partial charge in [-0.3, -0.25) is 4.79 Å². The van der Waals surface area contributed by atoms with Crippen molar-refractivity contribution in [3.8, 4) is 0 Å². The first-order chi connectivity index (χ1) is 9.89. The Morgan fingerprint density at radius 3 is 2.76 bits per heavy atom. The molecule has 1 aliphatic heterocycles. The molecule has 0 spiro atoms. The van der Waals surface area contributed by atoms with E-state index >= 15 is 0 Å². The van der Waals surface area contributed by atoms with Crippen LogP contribution in [-0.2, 0) is 14.6 Å². The van der Waals surface area contributed by atoms with Gasteiger partial charge in [0.15, 0.2) is 9.84 Å². The molecule has 1 unspecified atom stereocenters. The molecule has 1 atom stereocenters. The molecule has 0 aromatic heterocycles. The fourth-order valence-electron chi connectivity index (χ4n) is 2.37. The van der Waals surface area contributed by atoms with Crippen molar-refractivity contribution in [2.24, 2.45) is 0 Å². The van der Waals surface area contributed by atoms with Gasteiger partial charge in [0.25, 0.3) is 0 Å². The molecule has 0 radical (unpaired) electrons. The molecule has 5 nitrogen and oxygen atoms in total. The SMILES string of the molecule is CN(C(=O)CCNc1ccccc1Cl)C1CCS(=O)(=O)C1. The van der Waals surface area contributed by atoms with E-state index in [2.05, 4.69) is 5.32 Å². The maximum Gasteiger partial charge on any atom is 0.224 e. The number of halogens is 1. The molecule has 1 saturated heterocycles. The van der Waals surface area contributed by atoms with Gasteiger partial charge in [0, 0.05) is 26.1 Å². The Balaban J connectivity index is 1.81. The van der Waals surface area contributed by atoms with Gasteiger partial charge in [-0.2, -0.15) is 0 Å². The number of amides is 1. The molecule has 21 heavy (non-hydrogen) atoms. The highest BCUT2D eigenvalue weighted by Crippen LogP contribution is 2.20. The van der Waals surface area contributed by atoms with E-state index in [9.17, 15) is 13.2 Å². The average Bonchev–Trinajstić information content (AvgIpc) is 2.80. The lowest BCUT2D eigenvalue weighted by molar-refractivity contribution is -0.131. The molecule has 0 aliphatic carbocycles. The van der Waals surface area contributed by atoms with Crippen molar-refractivity contribution < 1.29 is 13.2 Å². The van der Waals surface area contributed by atoms with Crippen LogP contribution in [0.2, 0.25) is 5.02 Å². The largest absolute Gasteiger partial charge is 0.383 e. The van der Waals surface area contributed by atoms with Crippen molar-refractivity contribution in [2.45, 2.75) is 18.9 Å². The summed E-state index contributed by atoms with van der Waals surface area (Å²) < 4.78 is 22.9. The minimum atomic E-state index is -2.97. The molecule has 0 saturated carbocycles. The highest BCUT2D eigenvalue weighted by molar-refractivity contribution is 7.91. The topological polar surface area (TPSA) is 66.5 Å². The summed E-state index contributed by atoms with van der Waals surface area (Å²) in [4.78, 5) is 13.6. The van der Waals surface area contributed by atoms with Crippen LogP contribution < -0.4 is 5.32 Å². The average molecular weight is 331 g/mol. The number of nitrogens with one attached hydrogen (secondary N) is 1. The van der Waals surface area contributed by atoms with Crippen LogP contribution in [0, 0.1) is 0 Å². The Morgan fingerprint density at radius 1 is 1.43 bits per heavy atom. The first kappa shape index (κ1) is 16.1. The minimum absolute atomic E-state index is 0.0587. The third-order valence-electron chi connectivity index (χ3n) is 3.68. The summed E-state index contributed by atoms with van der Waals surface area (Å²) in [5.41, 5.74) is 0.790. The summed E-state index contributed by atoms with van der Waals surface area (Å²) in [6.07, 6.45) is 0.834. The smallest absolute Gasteiger partial charge is 0.224 e. The number of sulfone groups is 1. The quantitative estimate of drug-likeness (QED) is 0.893. The monoisotopic (exact) mass is 330 g/mol. The van der Waals surface area contributed by atoms with Crippen molar-refractivity contribution in [3.63, 3.8) is 0 Å². The molecule has 116 valence electrons. The van der Waals surface area contributed by atoms with E-state index in [1.807, 2.05) is 18.2 Å². The van der Waals surface area contributed by atoms with Gasteiger partial charge < -0.3 is 10.2 Å². The second-order valence-corrected chi connectivity index (χ2v) is 7.85. The van der Waals surface area contributed by atoms with Crippen LogP contribution >= 0.6 is 11.6 Å². The third-order valence-corrected chi connectivity index (χ3v) is 5.76. The fourth-order valence-corrected chi connectivity index (χ4v) is 4.35. The molecular weight excluding hydrogens is 312 g/mol. The number of hydrogen-bond donors (Lipinski definition) is 1. The Morgan fingerprint density at radius 2 is 2.14 bits per heavy atom. The van der Waals surface area contributed by atoms with E-state index in [0.29, 0.717) is 24.4 Å². The lowest BCUT2D eigenvalue weighted by Gasteiger charge is -2.23. The van der Waals surface area contributed by atoms with Crippen LogP contribution in [0.25, 0.3) is 0 Å². The zero-order valence-corrected chi connectivity index (χ0v) is 13.5. The van der Waals surface area contributed by atoms with E-state index in [0.717, 1.165) is 5.69 Å². The fraction of sp³-hybridized carbons (Fsp3) is 0.500. The predicted octanol–water partition coefficient (Wildman–Crippen LogP) is 1.79. The molecule has 1 fully saturated rings. The Kier molecular flexibility index (Phi) is 5.11. The summed E-state index contributed by atoms with van der Waals surface area (Å²) >= 11 is 6.01. The molecule has 7 heteroatoms. The van der Waals surface area contributed by atoms with Crippen molar-refractivity contribution >= 4 is 33.0 Å². The molecule has 1 aromatic rings. The van der Waals surface area contributed by atoms with Gasteiger partial charge in [-0.15, -0.1) is 0 Å². The molecule has 1 aliphatic rings. The van der Waals surface area contributed by atoms with Gasteiger partial charge in [-0.05, 0) is 18.6 Å². The summed E-state index contributed by atoms with van der Waals surface area (Å²) in [5.74, 6) is 0.192. The highest BCUT2D eigenvalue weighted by Gasteiger charge is 2.32. The maximum atomic E-state index is 12.1. The molecule has 0 bridgehead atoms. The number of nitrogens with zero attached hydrogens (tertiary/aromatic N) is 1. The lowest BCUT2D eigenvalue weighted by atomic mass is 10.2. The van der Waals surface area contributed by atoms with E-state index in [1.165, 1.54) is 0 Å². The zero-order chi connectivity index (χ0) is 15.5. The van der Waals surface area contributed by atoms with Gasteiger partial charge >= 0.3 is 0 Å². The molecule has 1 heterocycles. The van der Waals surface area contributed by atoms with Crippen molar-refractivity contribution in [1.29, 1.82) is 0 Å². The normalized spacial score (nSPS) is 20.2. The van der Waals surface area contributed by atoms with Gasteiger partial charge in [-0.25, -0.2) is 8.42 Å². The van der Waals surface area contributed by atoms with E-state index < -0.39 is 9.84 Å². The second-order valence-electron chi connectivity index (χ2n) is 5.22. The number of benzene rings is 1. The first-order valence-corrected chi connectivity index (χ1v) is 9.03. The van der Waals surface area contributed by atoms with Crippen molar-refractivity contribution in [2.75, 3.05) is 30.4 Å². The molecular formula is C14H19ClN2O3S. The van der Waals surface area contributed by atoms with Crippen molar-refractivity contribution in [3.05, 3.63) is 29.3 Å². The third kappa shape index (κ3) is 4.35. The molecule has 1 amide bonds. The lowest BCUT2D eigenvalue weighted by Crippen LogP contribution is -2.38. The van der Waals surface area contributed by atoms with Gasteiger partial charge in [0.2, 0.25) is 5.91 Å². The molecule has 2 rings (SSSR count). The molecule has 1 N–H and O–H groups in total. The maximum absolute atomic E-state index is 12.1. The first-order valence-electron chi connectivity index (χ1n) is 6.83. The van der Waals surface area contributed by atoms with Crippen LogP contribution in [-0.4, -0.2) is 50.4 Å². The summed E-state index contributed by atoms with van der Waals surface area (Å²) in [6.45, 7) is 0.465. The van der Waals surface area contributed by atoms with Crippen LogP contribution in [0.15, 0.2) is 24.3 Å².